The van der Waals surface area contributed by atoms with Gasteiger partial charge in [-0.15, -0.1) is 10.2 Å². The average Bonchev–Trinajstić information content (AvgIpc) is 3.29. The van der Waals surface area contributed by atoms with E-state index in [0.717, 1.165) is 5.69 Å². The van der Waals surface area contributed by atoms with Crippen molar-refractivity contribution in [3.05, 3.63) is 39.1 Å². The summed E-state index contributed by atoms with van der Waals surface area (Å²) in [6.45, 7) is 2.86. The van der Waals surface area contributed by atoms with Crippen molar-refractivity contribution in [2.24, 2.45) is 5.73 Å². The van der Waals surface area contributed by atoms with E-state index in [4.69, 9.17) is 10.2 Å². The van der Waals surface area contributed by atoms with E-state index in [1.54, 1.807) is 23.0 Å². The molecule has 1 amide bonds. The van der Waals surface area contributed by atoms with Crippen LogP contribution in [-0.4, -0.2) is 31.0 Å². The molecule has 132 valence electrons. The van der Waals surface area contributed by atoms with Gasteiger partial charge in [-0.25, -0.2) is 0 Å². The van der Waals surface area contributed by atoms with Gasteiger partial charge in [-0.05, 0) is 19.1 Å². The highest BCUT2D eigenvalue weighted by Gasteiger charge is 2.17. The van der Waals surface area contributed by atoms with Gasteiger partial charge in [-0.3, -0.25) is 14.2 Å². The number of thioether (sulfide) groups is 1. The van der Waals surface area contributed by atoms with Gasteiger partial charge in [-0.2, -0.15) is 0 Å². The molecule has 3 heterocycles. The molecule has 0 radical (unpaired) electrons. The number of furan rings is 1. The lowest BCUT2D eigenvalue weighted by atomic mass is 10.3. The normalized spacial score (nSPS) is 11.1. The Balaban J connectivity index is 1.76. The van der Waals surface area contributed by atoms with Gasteiger partial charge >= 0.3 is 4.87 Å². The molecule has 3 aromatic heterocycles. The zero-order valence-corrected chi connectivity index (χ0v) is 15.2. The van der Waals surface area contributed by atoms with Crippen LogP contribution in [0.15, 0.2) is 38.1 Å². The van der Waals surface area contributed by atoms with Crippen molar-refractivity contribution in [2.45, 2.75) is 31.6 Å². The predicted octanol–water partition coefficient (Wildman–Crippen LogP) is 1.74. The molecule has 0 unspecified atom stereocenters. The van der Waals surface area contributed by atoms with E-state index < -0.39 is 5.91 Å². The van der Waals surface area contributed by atoms with Gasteiger partial charge in [0.25, 0.3) is 0 Å². The fourth-order valence-corrected chi connectivity index (χ4v) is 3.96. The highest BCUT2D eigenvalue weighted by molar-refractivity contribution is 7.99. The van der Waals surface area contributed by atoms with Crippen LogP contribution in [0.5, 0.6) is 0 Å². The third-order valence-corrected chi connectivity index (χ3v) is 5.39. The quantitative estimate of drug-likeness (QED) is 0.597. The summed E-state index contributed by atoms with van der Waals surface area (Å²) in [4.78, 5) is 22.9. The minimum absolute atomic E-state index is 0.0320. The zero-order valence-electron chi connectivity index (χ0n) is 13.5. The van der Waals surface area contributed by atoms with Crippen molar-refractivity contribution in [2.75, 3.05) is 5.75 Å². The number of hydrogen-bond donors (Lipinski definition) is 1. The molecule has 0 aliphatic heterocycles. The number of hydrogen-bond acceptors (Lipinski definition) is 7. The van der Waals surface area contributed by atoms with Crippen LogP contribution in [0.1, 0.15) is 12.1 Å². The molecule has 3 rings (SSSR count). The van der Waals surface area contributed by atoms with E-state index in [1.807, 2.05) is 16.9 Å². The third kappa shape index (κ3) is 4.02. The van der Waals surface area contributed by atoms with Gasteiger partial charge in [-0.1, -0.05) is 23.1 Å². The molecule has 0 fully saturated rings. The predicted molar refractivity (Wildman–Crippen MR) is 95.6 cm³/mol. The fraction of sp³-hybridized carbons (Fsp3) is 0.333. The molecule has 25 heavy (non-hydrogen) atoms. The number of amides is 1. The second kappa shape index (κ2) is 7.70. The molecule has 0 aliphatic carbocycles. The minimum atomic E-state index is -0.393. The van der Waals surface area contributed by atoms with Crippen molar-refractivity contribution in [3.63, 3.8) is 0 Å². The first kappa shape index (κ1) is 17.5. The summed E-state index contributed by atoms with van der Waals surface area (Å²) in [7, 11) is 0. The summed E-state index contributed by atoms with van der Waals surface area (Å²) in [5, 5.41) is 10.9. The van der Waals surface area contributed by atoms with Crippen LogP contribution in [0.2, 0.25) is 0 Å². The Hall–Kier alpha value is -2.33. The molecular weight excluding hydrogens is 362 g/mol. The van der Waals surface area contributed by atoms with Crippen molar-refractivity contribution in [3.8, 4) is 11.6 Å². The molecule has 2 N–H and O–H groups in total. The fourth-order valence-electron chi connectivity index (χ4n) is 2.31. The summed E-state index contributed by atoms with van der Waals surface area (Å²) in [5.74, 6) is 1.39. The van der Waals surface area contributed by atoms with E-state index in [1.165, 1.54) is 23.1 Å². The molecule has 0 bridgehead atoms. The summed E-state index contributed by atoms with van der Waals surface area (Å²) in [5.41, 5.74) is 6.21. The highest BCUT2D eigenvalue weighted by Crippen LogP contribution is 2.24. The van der Waals surface area contributed by atoms with E-state index in [2.05, 4.69) is 10.2 Å². The molecule has 0 aliphatic rings. The van der Waals surface area contributed by atoms with Crippen LogP contribution < -0.4 is 10.6 Å². The Morgan fingerprint density at radius 3 is 2.84 bits per heavy atom. The van der Waals surface area contributed by atoms with Gasteiger partial charge in [0.05, 0.1) is 6.26 Å². The first-order chi connectivity index (χ1) is 12.1. The third-order valence-electron chi connectivity index (χ3n) is 3.56. The molecule has 0 atom stereocenters. The van der Waals surface area contributed by atoms with Crippen LogP contribution in [-0.2, 0) is 17.9 Å². The summed E-state index contributed by atoms with van der Waals surface area (Å²) < 4.78 is 8.93. The molecule has 10 heteroatoms. The number of carbonyl (C=O) groups excluding carboxylic acids is 1. The Labute approximate surface area is 151 Å². The standard InChI is InChI=1S/C15H17N5O3S2/c1-10-9-25-15(22)19(10)6-8-24-14-18-17-13(11-3-2-7-23-11)20(14)5-4-12(16)21/h2-3,7,9H,4-6,8H2,1H3,(H2,16,21). The molecule has 0 saturated carbocycles. The molecule has 8 nitrogen and oxygen atoms in total. The van der Waals surface area contributed by atoms with Gasteiger partial charge in [0, 0.05) is 36.3 Å². The van der Waals surface area contributed by atoms with Crippen LogP contribution in [0.4, 0.5) is 0 Å². The number of thiazole rings is 1. The lowest BCUT2D eigenvalue weighted by Crippen LogP contribution is -2.16. The summed E-state index contributed by atoms with van der Waals surface area (Å²) in [6, 6.07) is 3.55. The highest BCUT2D eigenvalue weighted by atomic mass is 32.2. The second-order valence-corrected chi connectivity index (χ2v) is 7.18. The minimum Gasteiger partial charge on any atom is -0.461 e. The van der Waals surface area contributed by atoms with Crippen LogP contribution in [0, 0.1) is 6.92 Å². The smallest absolute Gasteiger partial charge is 0.307 e. The van der Waals surface area contributed by atoms with E-state index in [-0.39, 0.29) is 11.3 Å². The maximum atomic E-state index is 11.8. The molecule has 3 aromatic rings. The maximum absolute atomic E-state index is 11.8. The van der Waals surface area contributed by atoms with E-state index >= 15 is 0 Å². The molecular formula is C15H17N5O3S2. The largest absolute Gasteiger partial charge is 0.461 e. The zero-order chi connectivity index (χ0) is 17.8. The first-order valence-electron chi connectivity index (χ1n) is 7.59. The first-order valence-corrected chi connectivity index (χ1v) is 9.46. The van der Waals surface area contributed by atoms with Gasteiger partial charge in [0.15, 0.2) is 16.7 Å². The van der Waals surface area contributed by atoms with E-state index in [0.29, 0.717) is 35.6 Å². The Morgan fingerprint density at radius 1 is 1.36 bits per heavy atom. The van der Waals surface area contributed by atoms with E-state index in [9.17, 15) is 9.59 Å². The lowest BCUT2D eigenvalue weighted by molar-refractivity contribution is -0.118. The summed E-state index contributed by atoms with van der Waals surface area (Å²) in [6.07, 6.45) is 1.74. The molecule has 0 saturated heterocycles. The number of aromatic nitrogens is 4. The monoisotopic (exact) mass is 379 g/mol. The lowest BCUT2D eigenvalue weighted by Gasteiger charge is -2.08. The number of carbonyl (C=O) groups is 1. The van der Waals surface area contributed by atoms with Crippen LogP contribution in [0.25, 0.3) is 11.6 Å². The average molecular weight is 379 g/mol. The van der Waals surface area contributed by atoms with Crippen molar-refractivity contribution in [1.29, 1.82) is 0 Å². The number of rotatable bonds is 8. The second-order valence-electron chi connectivity index (χ2n) is 5.29. The van der Waals surface area contributed by atoms with Gasteiger partial charge in [0.2, 0.25) is 5.91 Å². The number of nitrogens with zero attached hydrogens (tertiary/aromatic N) is 4. The van der Waals surface area contributed by atoms with Crippen molar-refractivity contribution >= 4 is 29.0 Å². The molecule has 0 spiro atoms. The molecule has 0 aromatic carbocycles. The Morgan fingerprint density at radius 2 is 2.20 bits per heavy atom. The van der Waals surface area contributed by atoms with Crippen molar-refractivity contribution < 1.29 is 9.21 Å². The Bertz CT molecular complexity index is 910. The topological polar surface area (TPSA) is 109 Å². The number of primary amides is 1. The number of aryl methyl sites for hydroxylation is 1. The van der Waals surface area contributed by atoms with Crippen LogP contribution >= 0.6 is 23.1 Å². The van der Waals surface area contributed by atoms with Gasteiger partial charge in [0.1, 0.15) is 0 Å². The van der Waals surface area contributed by atoms with Crippen LogP contribution in [0.3, 0.4) is 0 Å². The SMILES string of the molecule is Cc1csc(=O)n1CCSc1nnc(-c2ccco2)n1CCC(N)=O. The maximum Gasteiger partial charge on any atom is 0.307 e. The Kier molecular flexibility index (Phi) is 5.39. The van der Waals surface area contributed by atoms with Crippen molar-refractivity contribution in [1.82, 2.24) is 19.3 Å². The summed E-state index contributed by atoms with van der Waals surface area (Å²) >= 11 is 2.67. The number of nitrogens with two attached hydrogens (primary N) is 1. The van der Waals surface area contributed by atoms with Gasteiger partial charge < -0.3 is 14.7 Å².